The van der Waals surface area contributed by atoms with E-state index in [9.17, 15) is 19.5 Å². The number of aryl methyl sites for hydroxylation is 1. The number of amides is 1. The number of aromatic carboxylic acids is 1. The normalized spacial score (nSPS) is 10.6. The highest BCUT2D eigenvalue weighted by Gasteiger charge is 2.24. The lowest BCUT2D eigenvalue weighted by molar-refractivity contribution is 0.0696. The summed E-state index contributed by atoms with van der Waals surface area (Å²) in [5.74, 6) is -0.710. The van der Waals surface area contributed by atoms with Gasteiger partial charge in [0, 0.05) is 12.2 Å². The minimum atomic E-state index is -1.10. The highest BCUT2D eigenvalue weighted by atomic mass is 16.5. The molecule has 0 radical (unpaired) electrons. The van der Waals surface area contributed by atoms with E-state index in [0.717, 1.165) is 4.68 Å². The van der Waals surface area contributed by atoms with Crippen LogP contribution in [0.3, 0.4) is 0 Å². The molecule has 1 heterocycles. The number of nitrogens with zero attached hydrogens (tertiary/aromatic N) is 5. The fourth-order valence-corrected chi connectivity index (χ4v) is 2.87. The zero-order valence-electron chi connectivity index (χ0n) is 16.1. The van der Waals surface area contributed by atoms with Crippen LogP contribution in [0, 0.1) is 6.92 Å². The average molecular weight is 397 g/mol. The van der Waals surface area contributed by atoms with E-state index >= 15 is 0 Å². The van der Waals surface area contributed by atoms with Crippen molar-refractivity contribution in [3.63, 3.8) is 0 Å². The Morgan fingerprint density at radius 3 is 2.55 bits per heavy atom. The van der Waals surface area contributed by atoms with Crippen LogP contribution in [0.5, 0.6) is 5.75 Å². The van der Waals surface area contributed by atoms with Crippen molar-refractivity contribution in [1.29, 1.82) is 0 Å². The Kier molecular flexibility index (Phi) is 5.44. The molecule has 0 aliphatic heterocycles. The SMILES string of the molecule is CCN(C(=O)n1nnn(-c2ccccc2OC)c1=O)c1ccc(C)c(C(=O)O)c1. The summed E-state index contributed by atoms with van der Waals surface area (Å²) in [6.07, 6.45) is 0. The fraction of sp³-hybridized carbons (Fsp3) is 0.211. The van der Waals surface area contributed by atoms with Crippen LogP contribution in [-0.2, 0) is 0 Å². The molecule has 1 aromatic heterocycles. The van der Waals surface area contributed by atoms with E-state index in [1.54, 1.807) is 50.2 Å². The number of rotatable bonds is 5. The molecule has 10 nitrogen and oxygen atoms in total. The number of aromatic nitrogens is 4. The van der Waals surface area contributed by atoms with Crippen LogP contribution in [0.4, 0.5) is 10.5 Å². The van der Waals surface area contributed by atoms with Crippen molar-refractivity contribution in [2.24, 2.45) is 0 Å². The maximum atomic E-state index is 13.0. The number of tetrazole rings is 1. The van der Waals surface area contributed by atoms with Crippen LogP contribution < -0.4 is 15.3 Å². The van der Waals surface area contributed by atoms with Crippen LogP contribution >= 0.6 is 0 Å². The van der Waals surface area contributed by atoms with E-state index in [1.807, 2.05) is 0 Å². The summed E-state index contributed by atoms with van der Waals surface area (Å²) >= 11 is 0. The van der Waals surface area contributed by atoms with Gasteiger partial charge in [-0.1, -0.05) is 18.2 Å². The second kappa shape index (κ2) is 7.97. The Morgan fingerprint density at radius 2 is 1.90 bits per heavy atom. The minimum absolute atomic E-state index is 0.0683. The predicted octanol–water partition coefficient (Wildman–Crippen LogP) is 1.94. The van der Waals surface area contributed by atoms with E-state index in [4.69, 9.17) is 4.74 Å². The summed E-state index contributed by atoms with van der Waals surface area (Å²) in [7, 11) is 1.45. The number of benzene rings is 2. The van der Waals surface area contributed by atoms with Gasteiger partial charge in [-0.2, -0.15) is 4.68 Å². The van der Waals surface area contributed by atoms with Crippen LogP contribution in [0.1, 0.15) is 22.8 Å². The third-order valence-corrected chi connectivity index (χ3v) is 4.39. The van der Waals surface area contributed by atoms with Gasteiger partial charge in [0.05, 0.1) is 12.7 Å². The lowest BCUT2D eigenvalue weighted by atomic mass is 10.1. The number of carboxylic acid groups (broad SMARTS) is 1. The van der Waals surface area contributed by atoms with E-state index in [2.05, 4.69) is 10.4 Å². The Labute approximate surface area is 165 Å². The van der Waals surface area contributed by atoms with Crippen molar-refractivity contribution in [2.75, 3.05) is 18.6 Å². The molecule has 0 aliphatic rings. The highest BCUT2D eigenvalue weighted by Crippen LogP contribution is 2.21. The van der Waals surface area contributed by atoms with Crippen molar-refractivity contribution in [3.05, 3.63) is 64.1 Å². The smallest absolute Gasteiger partial charge is 0.377 e. The van der Waals surface area contributed by atoms with Crippen LogP contribution in [0.2, 0.25) is 0 Å². The molecule has 3 aromatic rings. The number of hydrogen-bond donors (Lipinski definition) is 1. The Morgan fingerprint density at radius 1 is 1.17 bits per heavy atom. The van der Waals surface area contributed by atoms with Gasteiger partial charge >= 0.3 is 17.7 Å². The zero-order chi connectivity index (χ0) is 21.1. The molecule has 29 heavy (non-hydrogen) atoms. The number of hydrogen-bond acceptors (Lipinski definition) is 6. The van der Waals surface area contributed by atoms with Gasteiger partial charge in [-0.25, -0.2) is 14.4 Å². The van der Waals surface area contributed by atoms with Crippen molar-refractivity contribution in [1.82, 2.24) is 19.8 Å². The second-order valence-electron chi connectivity index (χ2n) is 6.09. The van der Waals surface area contributed by atoms with Gasteiger partial charge in [0.1, 0.15) is 11.4 Å². The molecule has 0 atom stereocenters. The second-order valence-corrected chi connectivity index (χ2v) is 6.09. The summed E-state index contributed by atoms with van der Waals surface area (Å²) in [6, 6.07) is 10.5. The molecule has 150 valence electrons. The number of para-hydroxylation sites is 2. The van der Waals surface area contributed by atoms with Gasteiger partial charge < -0.3 is 9.84 Å². The monoisotopic (exact) mass is 397 g/mol. The summed E-state index contributed by atoms with van der Waals surface area (Å²) in [5.41, 5.74) is 0.524. The highest BCUT2D eigenvalue weighted by molar-refractivity contribution is 5.96. The van der Waals surface area contributed by atoms with E-state index < -0.39 is 17.7 Å². The van der Waals surface area contributed by atoms with Gasteiger partial charge in [-0.3, -0.25) is 4.90 Å². The number of anilines is 1. The molecule has 0 saturated carbocycles. The molecule has 2 aromatic carbocycles. The van der Waals surface area contributed by atoms with E-state index in [-0.39, 0.29) is 12.1 Å². The molecule has 1 N–H and O–H groups in total. The van der Waals surface area contributed by atoms with Gasteiger partial charge in [-0.05, 0) is 54.1 Å². The predicted molar refractivity (Wildman–Crippen MR) is 104 cm³/mol. The lowest BCUT2D eigenvalue weighted by Gasteiger charge is -2.20. The Hall–Kier alpha value is -3.95. The van der Waals surface area contributed by atoms with Crippen LogP contribution in [-0.4, -0.2) is 50.6 Å². The molecule has 1 amide bonds. The summed E-state index contributed by atoms with van der Waals surface area (Å²) in [6.45, 7) is 3.55. The summed E-state index contributed by atoms with van der Waals surface area (Å²) in [4.78, 5) is 38.4. The Bertz CT molecular complexity index is 1130. The van der Waals surface area contributed by atoms with Gasteiger partial charge in [-0.15, -0.1) is 4.68 Å². The maximum absolute atomic E-state index is 13.0. The van der Waals surface area contributed by atoms with E-state index in [1.165, 1.54) is 18.1 Å². The van der Waals surface area contributed by atoms with Crippen molar-refractivity contribution in [2.45, 2.75) is 13.8 Å². The number of ether oxygens (including phenoxy) is 1. The zero-order valence-corrected chi connectivity index (χ0v) is 16.1. The lowest BCUT2D eigenvalue weighted by Crippen LogP contribution is -2.41. The van der Waals surface area contributed by atoms with Crippen LogP contribution in [0.25, 0.3) is 5.69 Å². The number of carbonyl (C=O) groups is 2. The molecular formula is C19H19N5O5. The van der Waals surface area contributed by atoms with Crippen LogP contribution in [0.15, 0.2) is 47.3 Å². The summed E-state index contributed by atoms with van der Waals surface area (Å²) < 4.78 is 6.80. The molecule has 0 unspecified atom stereocenters. The fourth-order valence-electron chi connectivity index (χ4n) is 2.87. The first-order valence-corrected chi connectivity index (χ1v) is 8.73. The third kappa shape index (κ3) is 3.59. The molecule has 0 fully saturated rings. The molecule has 3 rings (SSSR count). The molecule has 0 spiro atoms. The number of carbonyl (C=O) groups excluding carboxylic acids is 1. The first-order chi connectivity index (χ1) is 13.9. The summed E-state index contributed by atoms with van der Waals surface area (Å²) in [5, 5.41) is 16.8. The number of carboxylic acids is 1. The molecule has 10 heteroatoms. The van der Waals surface area contributed by atoms with Crippen molar-refractivity contribution in [3.8, 4) is 11.4 Å². The molecular weight excluding hydrogens is 378 g/mol. The topological polar surface area (TPSA) is 120 Å². The average Bonchev–Trinajstić information content (AvgIpc) is 3.10. The van der Waals surface area contributed by atoms with E-state index in [0.29, 0.717) is 27.4 Å². The Balaban J connectivity index is 2.02. The standard InChI is InChI=1S/C19H19N5O5/c1-4-22(13-10-9-12(2)14(11-13)17(25)26)18(27)24-19(28)23(20-21-24)15-7-5-6-8-16(15)29-3/h5-11H,4H2,1-3H3,(H,25,26). The molecule has 0 bridgehead atoms. The first-order valence-electron chi connectivity index (χ1n) is 8.73. The van der Waals surface area contributed by atoms with Gasteiger partial charge in [0.2, 0.25) is 0 Å². The van der Waals surface area contributed by atoms with Crippen molar-refractivity contribution < 1.29 is 19.4 Å². The molecule has 0 aliphatic carbocycles. The minimum Gasteiger partial charge on any atom is -0.494 e. The van der Waals surface area contributed by atoms with Crippen molar-refractivity contribution >= 4 is 17.7 Å². The maximum Gasteiger partial charge on any atom is 0.377 e. The quantitative estimate of drug-likeness (QED) is 0.653. The first kappa shape index (κ1) is 19.8. The van der Waals surface area contributed by atoms with Gasteiger partial charge in [0.25, 0.3) is 0 Å². The van der Waals surface area contributed by atoms with Gasteiger partial charge in [0.15, 0.2) is 0 Å². The third-order valence-electron chi connectivity index (χ3n) is 4.39. The number of methoxy groups -OCH3 is 1. The molecule has 0 saturated heterocycles. The largest absolute Gasteiger partial charge is 0.494 e.